The van der Waals surface area contributed by atoms with Crippen molar-refractivity contribution in [3.63, 3.8) is 0 Å². The topological polar surface area (TPSA) is 52.0 Å². The van der Waals surface area contributed by atoms with Gasteiger partial charge in [0, 0.05) is 28.6 Å². The van der Waals surface area contributed by atoms with E-state index in [1.807, 2.05) is 0 Å². The summed E-state index contributed by atoms with van der Waals surface area (Å²) in [5.74, 6) is 1.62. The second-order valence-electron chi connectivity index (χ2n) is 15.0. The summed E-state index contributed by atoms with van der Waals surface area (Å²) in [6.07, 6.45) is 17.0. The first-order valence-corrected chi connectivity index (χ1v) is 19.2. The molecule has 2 atom stereocenters. The van der Waals surface area contributed by atoms with Crippen molar-refractivity contribution in [3.05, 3.63) is 129 Å². The second-order valence-corrected chi connectivity index (χ2v) is 15.0. The molecule has 0 aliphatic heterocycles. The Bertz CT molecular complexity index is 1470. The van der Waals surface area contributed by atoms with E-state index in [9.17, 15) is 0 Å². The maximum absolute atomic E-state index is 6.11. The smallest absolute Gasteiger partial charge is 0.0316 e. The second kappa shape index (κ2) is 16.7. The predicted molar refractivity (Wildman–Crippen MR) is 209 cm³/mol. The molecule has 0 radical (unpaired) electrons. The number of hydrogen-bond donors (Lipinski definition) is 2. The van der Waals surface area contributed by atoms with Crippen LogP contribution in [0.25, 0.3) is 0 Å². The van der Waals surface area contributed by atoms with Crippen molar-refractivity contribution >= 4 is 11.4 Å². The van der Waals surface area contributed by atoms with Gasteiger partial charge >= 0.3 is 0 Å². The standard InChI is InChI=1S/C46H62N2/c1-6-9-10-11-12-13-14-35-27-29-46(30-28-35,38-19-15-36(16-20-38)42(7-2)44-25-23-40(47)31-33(44)4)39-21-17-37(18-22-39)43(8-3)45-26-24-41(48)32-34(45)5/h15-26,31-32,35,42-43H,6-14,27-30,47-48H2,1-5H3. The molecule has 1 fully saturated rings. The summed E-state index contributed by atoms with van der Waals surface area (Å²) in [4.78, 5) is 0. The van der Waals surface area contributed by atoms with E-state index in [1.165, 1.54) is 115 Å². The molecule has 5 rings (SSSR count). The molecular formula is C46H62N2. The highest BCUT2D eigenvalue weighted by molar-refractivity contribution is 5.50. The first-order valence-electron chi connectivity index (χ1n) is 19.2. The van der Waals surface area contributed by atoms with Crippen LogP contribution in [-0.4, -0.2) is 0 Å². The maximum atomic E-state index is 6.11. The third-order valence-corrected chi connectivity index (χ3v) is 11.8. The van der Waals surface area contributed by atoms with Gasteiger partial charge < -0.3 is 11.5 Å². The number of rotatable bonds is 15. The number of nitrogen functional groups attached to an aromatic ring is 2. The quantitative estimate of drug-likeness (QED) is 0.100. The number of benzene rings is 4. The highest BCUT2D eigenvalue weighted by Gasteiger charge is 2.38. The van der Waals surface area contributed by atoms with E-state index in [-0.39, 0.29) is 5.41 Å². The lowest BCUT2D eigenvalue weighted by Gasteiger charge is -2.42. The number of nitrogens with two attached hydrogens (primary N) is 2. The first-order chi connectivity index (χ1) is 23.3. The van der Waals surface area contributed by atoms with E-state index < -0.39 is 0 Å². The highest BCUT2D eigenvalue weighted by Crippen LogP contribution is 2.48. The molecule has 2 unspecified atom stereocenters. The van der Waals surface area contributed by atoms with Crippen LogP contribution in [0, 0.1) is 19.8 Å². The van der Waals surface area contributed by atoms with Gasteiger partial charge in [0.2, 0.25) is 0 Å². The average Bonchev–Trinajstić information content (AvgIpc) is 3.10. The zero-order valence-corrected chi connectivity index (χ0v) is 30.7. The Hall–Kier alpha value is -3.52. The third kappa shape index (κ3) is 8.19. The van der Waals surface area contributed by atoms with Crippen LogP contribution in [0.5, 0.6) is 0 Å². The lowest BCUT2D eigenvalue weighted by Crippen LogP contribution is -2.33. The maximum Gasteiger partial charge on any atom is 0.0316 e. The molecule has 2 heteroatoms. The van der Waals surface area contributed by atoms with E-state index in [0.717, 1.165) is 30.1 Å². The molecule has 4 aromatic carbocycles. The molecule has 0 saturated heterocycles. The van der Waals surface area contributed by atoms with Crippen LogP contribution in [-0.2, 0) is 5.41 Å². The first kappa shape index (κ1) is 35.8. The Balaban J connectivity index is 1.42. The van der Waals surface area contributed by atoms with Crippen molar-refractivity contribution in [2.45, 2.75) is 135 Å². The molecule has 0 aromatic heterocycles. The number of unbranched alkanes of at least 4 members (excludes halogenated alkanes) is 5. The summed E-state index contributed by atoms with van der Waals surface area (Å²) in [6, 6.07) is 32.4. The van der Waals surface area contributed by atoms with Crippen LogP contribution in [0.1, 0.15) is 161 Å². The van der Waals surface area contributed by atoms with Crippen LogP contribution in [0.3, 0.4) is 0 Å². The van der Waals surface area contributed by atoms with Gasteiger partial charge in [0.1, 0.15) is 0 Å². The molecule has 1 aliphatic rings. The Kier molecular flexibility index (Phi) is 12.5. The van der Waals surface area contributed by atoms with Crippen LogP contribution < -0.4 is 11.5 Å². The Morgan fingerprint density at radius 3 is 1.44 bits per heavy atom. The molecule has 0 heterocycles. The van der Waals surface area contributed by atoms with Crippen molar-refractivity contribution in [1.82, 2.24) is 0 Å². The molecule has 1 aliphatic carbocycles. The summed E-state index contributed by atoms with van der Waals surface area (Å²) in [5.41, 5.74) is 25.1. The molecule has 0 amide bonds. The van der Waals surface area contributed by atoms with Crippen molar-refractivity contribution in [1.29, 1.82) is 0 Å². The number of anilines is 2. The zero-order chi connectivity index (χ0) is 34.1. The Morgan fingerprint density at radius 2 is 1.02 bits per heavy atom. The SMILES string of the molecule is CCCCCCCCC1CCC(c2ccc(C(CC)c3ccc(N)cc3C)cc2)(c2ccc(C(CC)c3ccc(N)cc3C)cc2)CC1. The molecule has 1 saturated carbocycles. The molecule has 0 spiro atoms. The van der Waals surface area contributed by atoms with Crippen LogP contribution >= 0.6 is 0 Å². The van der Waals surface area contributed by atoms with Crippen molar-refractivity contribution in [2.24, 2.45) is 5.92 Å². The minimum atomic E-state index is 0.0618. The third-order valence-electron chi connectivity index (χ3n) is 11.8. The fourth-order valence-corrected chi connectivity index (χ4v) is 8.94. The summed E-state index contributed by atoms with van der Waals surface area (Å²) < 4.78 is 0. The molecule has 4 N–H and O–H groups in total. The summed E-state index contributed by atoms with van der Waals surface area (Å²) in [6.45, 7) is 11.3. The largest absolute Gasteiger partial charge is 0.399 e. The number of aryl methyl sites for hydroxylation is 2. The lowest BCUT2D eigenvalue weighted by atomic mass is 9.62. The zero-order valence-electron chi connectivity index (χ0n) is 30.7. The fourth-order valence-electron chi connectivity index (χ4n) is 8.94. The molecule has 256 valence electrons. The Labute approximate surface area is 292 Å². The molecule has 0 bridgehead atoms. The van der Waals surface area contributed by atoms with Crippen molar-refractivity contribution < 1.29 is 0 Å². The molecule has 48 heavy (non-hydrogen) atoms. The van der Waals surface area contributed by atoms with Crippen LogP contribution in [0.15, 0.2) is 84.9 Å². The minimum Gasteiger partial charge on any atom is -0.399 e. The summed E-state index contributed by atoms with van der Waals surface area (Å²) >= 11 is 0. The Morgan fingerprint density at radius 1 is 0.583 bits per heavy atom. The van der Waals surface area contributed by atoms with Gasteiger partial charge in [-0.25, -0.2) is 0 Å². The predicted octanol–water partition coefficient (Wildman–Crippen LogP) is 12.8. The van der Waals surface area contributed by atoms with E-state index in [4.69, 9.17) is 11.5 Å². The van der Waals surface area contributed by atoms with Crippen molar-refractivity contribution in [2.75, 3.05) is 11.5 Å². The molecule has 4 aromatic rings. The summed E-state index contributed by atoms with van der Waals surface area (Å²) in [5, 5.41) is 0. The fraction of sp³-hybridized carbons (Fsp3) is 0.478. The van der Waals surface area contributed by atoms with E-state index in [1.54, 1.807) is 0 Å². The van der Waals surface area contributed by atoms with Crippen molar-refractivity contribution in [3.8, 4) is 0 Å². The normalized spacial score (nSPS) is 19.2. The highest BCUT2D eigenvalue weighted by atomic mass is 14.5. The summed E-state index contributed by atoms with van der Waals surface area (Å²) in [7, 11) is 0. The lowest BCUT2D eigenvalue weighted by molar-refractivity contribution is 0.250. The van der Waals surface area contributed by atoms with Crippen LogP contribution in [0.2, 0.25) is 0 Å². The molecular weight excluding hydrogens is 581 g/mol. The van der Waals surface area contributed by atoms with Gasteiger partial charge in [0.15, 0.2) is 0 Å². The van der Waals surface area contributed by atoms with Gasteiger partial charge in [-0.15, -0.1) is 0 Å². The van der Waals surface area contributed by atoms with E-state index in [0.29, 0.717) is 11.8 Å². The van der Waals surface area contributed by atoms with Crippen LogP contribution in [0.4, 0.5) is 11.4 Å². The average molecular weight is 643 g/mol. The van der Waals surface area contributed by atoms with Gasteiger partial charge in [0.05, 0.1) is 0 Å². The van der Waals surface area contributed by atoms with Gasteiger partial charge in [-0.3, -0.25) is 0 Å². The van der Waals surface area contributed by atoms with E-state index in [2.05, 4.69) is 120 Å². The minimum absolute atomic E-state index is 0.0618. The molecule has 2 nitrogen and oxygen atoms in total. The van der Waals surface area contributed by atoms with Gasteiger partial charge in [-0.05, 0) is 127 Å². The monoisotopic (exact) mass is 642 g/mol. The number of hydrogen-bond acceptors (Lipinski definition) is 2. The van der Waals surface area contributed by atoms with Gasteiger partial charge in [0.25, 0.3) is 0 Å². The van der Waals surface area contributed by atoms with Gasteiger partial charge in [-0.1, -0.05) is 126 Å². The van der Waals surface area contributed by atoms with E-state index >= 15 is 0 Å². The van der Waals surface area contributed by atoms with Gasteiger partial charge in [-0.2, -0.15) is 0 Å².